The van der Waals surface area contributed by atoms with Gasteiger partial charge in [-0.25, -0.2) is 4.79 Å². The molecule has 0 aromatic rings. The Morgan fingerprint density at radius 1 is 0.850 bits per heavy atom. The second kappa shape index (κ2) is 16.3. The summed E-state index contributed by atoms with van der Waals surface area (Å²) in [5, 5.41) is 0. The Morgan fingerprint density at radius 3 is 1.65 bits per heavy atom. The third-order valence-electron chi connectivity index (χ3n) is 3.33. The Balaban J connectivity index is 0. The minimum absolute atomic E-state index is 0. The first-order valence-corrected chi connectivity index (χ1v) is 8.01. The molecular weight excluding hydrogens is 248 g/mol. The lowest BCUT2D eigenvalue weighted by molar-refractivity contribution is -0.139. The molecule has 0 unspecified atom stereocenters. The van der Waals surface area contributed by atoms with Crippen LogP contribution in [0.25, 0.3) is 0 Å². The number of esters is 1. The van der Waals surface area contributed by atoms with E-state index in [0.717, 1.165) is 6.42 Å². The summed E-state index contributed by atoms with van der Waals surface area (Å²) in [5.74, 6) is -0.257. The van der Waals surface area contributed by atoms with E-state index in [1.807, 2.05) is 0 Å². The fourth-order valence-corrected chi connectivity index (χ4v) is 2.05. The smallest absolute Gasteiger partial charge is 0.333 e. The van der Waals surface area contributed by atoms with Crippen molar-refractivity contribution < 1.29 is 9.53 Å². The van der Waals surface area contributed by atoms with E-state index in [0.29, 0.717) is 12.2 Å². The van der Waals surface area contributed by atoms with Crippen LogP contribution < -0.4 is 0 Å². The van der Waals surface area contributed by atoms with E-state index in [2.05, 4.69) is 13.5 Å². The monoisotopic (exact) mass is 283 g/mol. The maximum absolute atomic E-state index is 11.1. The lowest BCUT2D eigenvalue weighted by Gasteiger charge is -2.04. The molecule has 0 aliphatic heterocycles. The molecular formula is C18H35O2. The number of rotatable bonds is 13. The largest absolute Gasteiger partial charge is 0.462 e. The molecule has 0 rings (SSSR count). The van der Waals surface area contributed by atoms with Gasteiger partial charge in [0.2, 0.25) is 0 Å². The van der Waals surface area contributed by atoms with Gasteiger partial charge in [-0.05, 0) is 13.3 Å². The van der Waals surface area contributed by atoms with Crippen molar-refractivity contribution in [3.8, 4) is 0 Å². The van der Waals surface area contributed by atoms with Gasteiger partial charge in [-0.2, -0.15) is 0 Å². The molecule has 2 heteroatoms. The summed E-state index contributed by atoms with van der Waals surface area (Å²) in [6.45, 7) is 8.04. The van der Waals surface area contributed by atoms with Crippen molar-refractivity contribution in [1.82, 2.24) is 0 Å². The SMILES string of the molecule is C=C(C)C(=O)OCCCCCCCCCCCCC.[CH3]. The highest BCUT2D eigenvalue weighted by atomic mass is 16.5. The molecule has 20 heavy (non-hydrogen) atoms. The maximum Gasteiger partial charge on any atom is 0.333 e. The molecule has 0 aliphatic carbocycles. The highest BCUT2D eigenvalue weighted by Gasteiger charge is 2.01. The van der Waals surface area contributed by atoms with Gasteiger partial charge in [0.05, 0.1) is 6.61 Å². The van der Waals surface area contributed by atoms with Crippen LogP contribution in [0.15, 0.2) is 12.2 Å². The zero-order valence-corrected chi connectivity index (χ0v) is 14.0. The Labute approximate surface area is 127 Å². The molecule has 0 N–H and O–H groups in total. The summed E-state index contributed by atoms with van der Waals surface area (Å²) in [6.07, 6.45) is 14.4. The summed E-state index contributed by atoms with van der Waals surface area (Å²) in [7, 11) is 0. The standard InChI is InChI=1S/C17H32O2.CH3/c1-4-5-6-7-8-9-10-11-12-13-14-15-19-17(18)16(2)3;/h2,4-15H2,1,3H3;1H3. The van der Waals surface area contributed by atoms with Gasteiger partial charge >= 0.3 is 5.97 Å². The van der Waals surface area contributed by atoms with Crippen LogP contribution in [0.4, 0.5) is 0 Å². The van der Waals surface area contributed by atoms with E-state index in [9.17, 15) is 4.79 Å². The average Bonchev–Trinajstić information content (AvgIpc) is 2.39. The number of carbonyl (C=O) groups is 1. The molecule has 0 saturated heterocycles. The van der Waals surface area contributed by atoms with Gasteiger partial charge in [-0.1, -0.05) is 85.1 Å². The molecule has 0 aromatic carbocycles. The van der Waals surface area contributed by atoms with E-state index in [1.54, 1.807) is 6.92 Å². The minimum Gasteiger partial charge on any atom is -0.462 e. The van der Waals surface area contributed by atoms with Crippen LogP contribution in [-0.2, 0) is 9.53 Å². The quantitative estimate of drug-likeness (QED) is 0.240. The van der Waals surface area contributed by atoms with E-state index in [1.165, 1.54) is 64.2 Å². The minimum atomic E-state index is -0.257. The lowest BCUT2D eigenvalue weighted by atomic mass is 10.1. The van der Waals surface area contributed by atoms with E-state index >= 15 is 0 Å². The van der Waals surface area contributed by atoms with Gasteiger partial charge in [-0.3, -0.25) is 0 Å². The molecule has 119 valence electrons. The van der Waals surface area contributed by atoms with Crippen LogP contribution in [0, 0.1) is 7.43 Å². The number of ether oxygens (including phenoxy) is 1. The highest BCUT2D eigenvalue weighted by Crippen LogP contribution is 2.11. The van der Waals surface area contributed by atoms with Gasteiger partial charge in [0.1, 0.15) is 0 Å². The Hall–Kier alpha value is -0.790. The summed E-state index contributed by atoms with van der Waals surface area (Å²) < 4.78 is 5.05. The summed E-state index contributed by atoms with van der Waals surface area (Å²) >= 11 is 0. The number of hydrogen-bond donors (Lipinski definition) is 0. The predicted molar refractivity (Wildman–Crippen MR) is 88.6 cm³/mol. The van der Waals surface area contributed by atoms with Gasteiger partial charge in [0, 0.05) is 5.57 Å². The van der Waals surface area contributed by atoms with Gasteiger partial charge < -0.3 is 4.74 Å². The molecule has 0 atom stereocenters. The van der Waals surface area contributed by atoms with Crippen LogP contribution in [0.3, 0.4) is 0 Å². The molecule has 2 nitrogen and oxygen atoms in total. The third kappa shape index (κ3) is 15.3. The second-order valence-electron chi connectivity index (χ2n) is 5.45. The molecule has 0 spiro atoms. The maximum atomic E-state index is 11.1. The van der Waals surface area contributed by atoms with E-state index < -0.39 is 0 Å². The van der Waals surface area contributed by atoms with Crippen LogP contribution >= 0.6 is 0 Å². The third-order valence-corrected chi connectivity index (χ3v) is 3.33. The number of carbonyl (C=O) groups excluding carboxylic acids is 1. The molecule has 0 heterocycles. The topological polar surface area (TPSA) is 26.3 Å². The van der Waals surface area contributed by atoms with Crippen molar-refractivity contribution in [3.05, 3.63) is 19.6 Å². The molecule has 0 bridgehead atoms. The van der Waals surface area contributed by atoms with Crippen LogP contribution in [0.1, 0.15) is 84.5 Å². The molecule has 0 amide bonds. The van der Waals surface area contributed by atoms with Crippen LogP contribution in [-0.4, -0.2) is 12.6 Å². The van der Waals surface area contributed by atoms with Crippen molar-refractivity contribution in [3.63, 3.8) is 0 Å². The van der Waals surface area contributed by atoms with Gasteiger partial charge in [0.25, 0.3) is 0 Å². The zero-order chi connectivity index (χ0) is 14.3. The van der Waals surface area contributed by atoms with Crippen molar-refractivity contribution in [2.24, 2.45) is 0 Å². The Morgan fingerprint density at radius 2 is 1.25 bits per heavy atom. The van der Waals surface area contributed by atoms with Crippen LogP contribution in [0.5, 0.6) is 0 Å². The Kier molecular flexibility index (Phi) is 17.5. The first-order valence-electron chi connectivity index (χ1n) is 8.01. The second-order valence-corrected chi connectivity index (χ2v) is 5.45. The molecule has 0 saturated carbocycles. The molecule has 0 fully saturated rings. The van der Waals surface area contributed by atoms with Gasteiger partial charge in [0.15, 0.2) is 0 Å². The molecule has 1 radical (unpaired) electrons. The summed E-state index contributed by atoms with van der Waals surface area (Å²) in [5.41, 5.74) is 0.489. The lowest BCUT2D eigenvalue weighted by Crippen LogP contribution is -2.05. The van der Waals surface area contributed by atoms with Gasteiger partial charge in [-0.15, -0.1) is 0 Å². The molecule has 0 aromatic heterocycles. The molecule has 0 aliphatic rings. The fourth-order valence-electron chi connectivity index (χ4n) is 2.05. The van der Waals surface area contributed by atoms with Crippen molar-refractivity contribution in [2.75, 3.05) is 6.61 Å². The predicted octanol–water partition coefficient (Wildman–Crippen LogP) is 5.87. The van der Waals surface area contributed by atoms with Crippen molar-refractivity contribution in [2.45, 2.75) is 84.5 Å². The highest BCUT2D eigenvalue weighted by molar-refractivity contribution is 5.86. The summed E-state index contributed by atoms with van der Waals surface area (Å²) in [6, 6.07) is 0. The first kappa shape index (κ1) is 21.5. The van der Waals surface area contributed by atoms with E-state index in [4.69, 9.17) is 4.74 Å². The van der Waals surface area contributed by atoms with Crippen molar-refractivity contribution in [1.29, 1.82) is 0 Å². The Bertz CT molecular complexity index is 234. The summed E-state index contributed by atoms with van der Waals surface area (Å²) in [4.78, 5) is 11.1. The number of hydrogen-bond acceptors (Lipinski definition) is 2. The number of unbranched alkanes of at least 4 members (excludes halogenated alkanes) is 10. The zero-order valence-electron chi connectivity index (χ0n) is 14.0. The van der Waals surface area contributed by atoms with Crippen LogP contribution in [0.2, 0.25) is 0 Å². The fraction of sp³-hybridized carbons (Fsp3) is 0.778. The van der Waals surface area contributed by atoms with E-state index in [-0.39, 0.29) is 13.4 Å². The first-order chi connectivity index (χ1) is 9.18. The van der Waals surface area contributed by atoms with Crippen molar-refractivity contribution >= 4 is 5.97 Å². The average molecular weight is 283 g/mol. The normalized spacial score (nSPS) is 9.90.